The second-order valence-corrected chi connectivity index (χ2v) is 4.88. The van der Waals surface area contributed by atoms with E-state index in [-0.39, 0.29) is 18.0 Å². The zero-order valence-electron chi connectivity index (χ0n) is 11.9. The summed E-state index contributed by atoms with van der Waals surface area (Å²) in [5, 5.41) is 3.05. The summed E-state index contributed by atoms with van der Waals surface area (Å²) in [7, 11) is 0. The SMILES string of the molecule is CCCc1nccn1C(C)C(=O)NC(C)CCC. The van der Waals surface area contributed by atoms with E-state index in [4.69, 9.17) is 0 Å². The molecule has 102 valence electrons. The molecule has 0 radical (unpaired) electrons. The van der Waals surface area contributed by atoms with Crippen molar-refractivity contribution in [3.05, 3.63) is 18.2 Å². The third-order valence-corrected chi connectivity index (χ3v) is 3.13. The predicted molar refractivity (Wildman–Crippen MR) is 73.4 cm³/mol. The number of rotatable bonds is 7. The largest absolute Gasteiger partial charge is 0.352 e. The standard InChI is InChI=1S/C14H25N3O/c1-5-7-11(3)16-14(18)12(4)17-10-9-15-13(17)8-6-2/h9-12H,5-8H2,1-4H3,(H,16,18). The summed E-state index contributed by atoms with van der Waals surface area (Å²) in [5.74, 6) is 1.06. The van der Waals surface area contributed by atoms with Crippen LogP contribution in [-0.4, -0.2) is 21.5 Å². The number of hydrogen-bond donors (Lipinski definition) is 1. The van der Waals surface area contributed by atoms with Crippen LogP contribution in [0.25, 0.3) is 0 Å². The minimum absolute atomic E-state index is 0.0753. The summed E-state index contributed by atoms with van der Waals surface area (Å²) in [4.78, 5) is 16.4. The van der Waals surface area contributed by atoms with Crippen molar-refractivity contribution >= 4 is 5.91 Å². The Kier molecular flexibility index (Phi) is 5.89. The van der Waals surface area contributed by atoms with Crippen LogP contribution < -0.4 is 5.32 Å². The number of hydrogen-bond acceptors (Lipinski definition) is 2. The molecule has 2 unspecified atom stereocenters. The van der Waals surface area contributed by atoms with Gasteiger partial charge in [0.1, 0.15) is 11.9 Å². The molecule has 4 nitrogen and oxygen atoms in total. The number of imidazole rings is 1. The molecule has 1 aromatic rings. The number of nitrogens with one attached hydrogen (secondary N) is 1. The average Bonchev–Trinajstić information content (AvgIpc) is 2.77. The molecule has 1 amide bonds. The third-order valence-electron chi connectivity index (χ3n) is 3.13. The van der Waals surface area contributed by atoms with Crippen LogP contribution in [0, 0.1) is 0 Å². The Bertz CT molecular complexity index is 373. The molecule has 0 aliphatic heterocycles. The molecule has 0 aromatic carbocycles. The van der Waals surface area contributed by atoms with Crippen molar-refractivity contribution in [3.8, 4) is 0 Å². The molecule has 2 atom stereocenters. The van der Waals surface area contributed by atoms with Crippen LogP contribution in [0.15, 0.2) is 12.4 Å². The molecular weight excluding hydrogens is 226 g/mol. The fraction of sp³-hybridized carbons (Fsp3) is 0.714. The van der Waals surface area contributed by atoms with Gasteiger partial charge in [-0.3, -0.25) is 4.79 Å². The van der Waals surface area contributed by atoms with Crippen LogP contribution >= 0.6 is 0 Å². The molecule has 0 spiro atoms. The highest BCUT2D eigenvalue weighted by atomic mass is 16.2. The average molecular weight is 251 g/mol. The van der Waals surface area contributed by atoms with Gasteiger partial charge in [0.15, 0.2) is 0 Å². The summed E-state index contributed by atoms with van der Waals surface area (Å²) < 4.78 is 1.97. The van der Waals surface area contributed by atoms with Gasteiger partial charge in [-0.05, 0) is 26.7 Å². The van der Waals surface area contributed by atoms with Gasteiger partial charge < -0.3 is 9.88 Å². The first-order chi connectivity index (χ1) is 8.60. The van der Waals surface area contributed by atoms with Gasteiger partial charge in [-0.1, -0.05) is 20.3 Å². The Balaban J connectivity index is 2.65. The van der Waals surface area contributed by atoms with Crippen molar-refractivity contribution in [2.45, 2.75) is 65.5 Å². The Morgan fingerprint density at radius 1 is 1.39 bits per heavy atom. The lowest BCUT2D eigenvalue weighted by Gasteiger charge is -2.19. The second-order valence-electron chi connectivity index (χ2n) is 4.88. The number of aryl methyl sites for hydroxylation is 1. The molecule has 1 aromatic heterocycles. The number of amides is 1. The minimum Gasteiger partial charge on any atom is -0.352 e. The number of nitrogens with zero attached hydrogens (tertiary/aromatic N) is 2. The van der Waals surface area contributed by atoms with Gasteiger partial charge in [0.25, 0.3) is 0 Å². The lowest BCUT2D eigenvalue weighted by molar-refractivity contribution is -0.124. The van der Waals surface area contributed by atoms with E-state index in [0.717, 1.165) is 31.5 Å². The lowest BCUT2D eigenvalue weighted by atomic mass is 10.2. The minimum atomic E-state index is -0.187. The summed E-state index contributed by atoms with van der Waals surface area (Å²) in [6.07, 6.45) is 7.71. The molecule has 0 bridgehead atoms. The molecule has 0 aliphatic carbocycles. The first-order valence-corrected chi connectivity index (χ1v) is 6.92. The topological polar surface area (TPSA) is 46.9 Å². The van der Waals surface area contributed by atoms with E-state index in [1.165, 1.54) is 0 Å². The molecule has 1 heterocycles. The number of aromatic nitrogens is 2. The predicted octanol–water partition coefficient (Wildman–Crippen LogP) is 2.70. The van der Waals surface area contributed by atoms with Crippen LogP contribution in [0.3, 0.4) is 0 Å². The Labute approximate surface area is 110 Å². The Hall–Kier alpha value is -1.32. The van der Waals surface area contributed by atoms with E-state index in [0.29, 0.717) is 0 Å². The van der Waals surface area contributed by atoms with E-state index in [1.807, 2.05) is 17.7 Å². The Morgan fingerprint density at radius 3 is 2.72 bits per heavy atom. The van der Waals surface area contributed by atoms with Crippen molar-refractivity contribution in [2.24, 2.45) is 0 Å². The maximum Gasteiger partial charge on any atom is 0.243 e. The zero-order valence-corrected chi connectivity index (χ0v) is 11.9. The van der Waals surface area contributed by atoms with Crippen molar-refractivity contribution in [1.29, 1.82) is 0 Å². The van der Waals surface area contributed by atoms with Gasteiger partial charge >= 0.3 is 0 Å². The van der Waals surface area contributed by atoms with Crippen molar-refractivity contribution < 1.29 is 4.79 Å². The second kappa shape index (κ2) is 7.19. The van der Waals surface area contributed by atoms with E-state index >= 15 is 0 Å². The first-order valence-electron chi connectivity index (χ1n) is 6.92. The molecule has 0 saturated heterocycles. The van der Waals surface area contributed by atoms with Gasteiger partial charge in [-0.15, -0.1) is 0 Å². The quantitative estimate of drug-likeness (QED) is 0.810. The van der Waals surface area contributed by atoms with E-state index < -0.39 is 0 Å². The van der Waals surface area contributed by atoms with Gasteiger partial charge in [-0.25, -0.2) is 4.98 Å². The Morgan fingerprint density at radius 2 is 2.11 bits per heavy atom. The normalized spacial score (nSPS) is 14.2. The molecule has 1 N–H and O–H groups in total. The molecule has 0 saturated carbocycles. The van der Waals surface area contributed by atoms with E-state index in [9.17, 15) is 4.79 Å². The molecule has 1 rings (SSSR count). The van der Waals surface area contributed by atoms with Crippen LogP contribution in [0.4, 0.5) is 0 Å². The highest BCUT2D eigenvalue weighted by Crippen LogP contribution is 2.11. The van der Waals surface area contributed by atoms with Crippen LogP contribution in [0.2, 0.25) is 0 Å². The molecule has 4 heteroatoms. The van der Waals surface area contributed by atoms with Gasteiger partial charge in [0, 0.05) is 24.9 Å². The monoisotopic (exact) mass is 251 g/mol. The highest BCUT2D eigenvalue weighted by molar-refractivity contribution is 5.80. The highest BCUT2D eigenvalue weighted by Gasteiger charge is 2.18. The van der Waals surface area contributed by atoms with Gasteiger partial charge in [-0.2, -0.15) is 0 Å². The summed E-state index contributed by atoms with van der Waals surface area (Å²) >= 11 is 0. The maximum absolute atomic E-state index is 12.1. The first kappa shape index (κ1) is 14.7. The molecule has 18 heavy (non-hydrogen) atoms. The van der Waals surface area contributed by atoms with E-state index in [1.54, 1.807) is 6.20 Å². The fourth-order valence-corrected chi connectivity index (χ4v) is 2.11. The molecule has 0 fully saturated rings. The fourth-order valence-electron chi connectivity index (χ4n) is 2.11. The van der Waals surface area contributed by atoms with Crippen molar-refractivity contribution in [3.63, 3.8) is 0 Å². The van der Waals surface area contributed by atoms with Crippen molar-refractivity contribution in [2.75, 3.05) is 0 Å². The maximum atomic E-state index is 12.1. The van der Waals surface area contributed by atoms with Gasteiger partial charge in [0.05, 0.1) is 0 Å². The van der Waals surface area contributed by atoms with E-state index in [2.05, 4.69) is 31.1 Å². The zero-order chi connectivity index (χ0) is 13.5. The smallest absolute Gasteiger partial charge is 0.243 e. The number of carbonyl (C=O) groups excluding carboxylic acids is 1. The van der Waals surface area contributed by atoms with Crippen molar-refractivity contribution in [1.82, 2.24) is 14.9 Å². The summed E-state index contributed by atoms with van der Waals surface area (Å²) in [6.45, 7) is 8.22. The number of carbonyl (C=O) groups is 1. The van der Waals surface area contributed by atoms with Gasteiger partial charge in [0.2, 0.25) is 5.91 Å². The van der Waals surface area contributed by atoms with Crippen LogP contribution in [0.5, 0.6) is 0 Å². The summed E-state index contributed by atoms with van der Waals surface area (Å²) in [5.41, 5.74) is 0. The van der Waals surface area contributed by atoms with Crippen LogP contribution in [-0.2, 0) is 11.2 Å². The van der Waals surface area contributed by atoms with Crippen LogP contribution in [0.1, 0.15) is 58.8 Å². The third kappa shape index (κ3) is 3.86. The summed E-state index contributed by atoms with van der Waals surface area (Å²) in [6, 6.07) is 0.0523. The lowest BCUT2D eigenvalue weighted by Crippen LogP contribution is -2.37. The molecule has 0 aliphatic rings. The molecular formula is C14H25N3O.